The monoisotopic (exact) mass is 435 g/mol. The average molecular weight is 436 g/mol. The maximum absolute atomic E-state index is 15.0. The fourth-order valence-electron chi connectivity index (χ4n) is 3.76. The van der Waals surface area contributed by atoms with E-state index in [1.165, 1.54) is 31.2 Å². The Hall–Kier alpha value is -2.93. The molecule has 0 bridgehead atoms. The Bertz CT molecular complexity index is 1150. The Labute approximate surface area is 176 Å². The van der Waals surface area contributed by atoms with Crippen molar-refractivity contribution in [2.45, 2.75) is 33.1 Å². The second kappa shape index (κ2) is 8.07. The molecule has 3 aromatic rings. The van der Waals surface area contributed by atoms with Gasteiger partial charge in [-0.3, -0.25) is 14.2 Å². The summed E-state index contributed by atoms with van der Waals surface area (Å²) in [6.45, 7) is 4.97. The van der Waals surface area contributed by atoms with E-state index in [9.17, 15) is 28.6 Å². The molecule has 1 heterocycles. The van der Waals surface area contributed by atoms with Gasteiger partial charge in [-0.1, -0.05) is 31.9 Å². The lowest BCUT2D eigenvalue weighted by molar-refractivity contribution is -0.140. The predicted octanol–water partition coefficient (Wildman–Crippen LogP) is 5.49. The molecular weight excluding hydrogens is 416 g/mol. The number of phenolic OH excluding ortho intramolecular Hbond substituents is 1. The van der Waals surface area contributed by atoms with Crippen LogP contribution in [0.5, 0.6) is 5.75 Å². The molecule has 0 saturated heterocycles. The molecule has 30 heavy (non-hydrogen) atoms. The zero-order chi connectivity index (χ0) is 22.3. The second-order valence-electron chi connectivity index (χ2n) is 7.26. The molecule has 8 heteroatoms. The van der Waals surface area contributed by atoms with Crippen molar-refractivity contribution in [2.75, 3.05) is 0 Å². The van der Waals surface area contributed by atoms with Crippen molar-refractivity contribution in [1.29, 1.82) is 0 Å². The summed E-state index contributed by atoms with van der Waals surface area (Å²) in [6.07, 6.45) is 0.475. The molecule has 2 aromatic carbocycles. The largest absolute Gasteiger partial charge is 0.503 e. The van der Waals surface area contributed by atoms with Crippen molar-refractivity contribution >= 4 is 34.4 Å². The number of hydrogen-bond acceptors (Lipinski definition) is 3. The quantitative estimate of drug-likeness (QED) is 0.555. The number of phenols is 1. The summed E-state index contributed by atoms with van der Waals surface area (Å²) in [5, 5.41) is 19.8. The molecule has 2 atom stereocenters. The van der Waals surface area contributed by atoms with Gasteiger partial charge >= 0.3 is 5.97 Å². The highest BCUT2D eigenvalue weighted by Gasteiger charge is 2.35. The van der Waals surface area contributed by atoms with Gasteiger partial charge in [0.25, 0.3) is 5.91 Å². The van der Waals surface area contributed by atoms with Crippen LogP contribution in [0.4, 0.5) is 8.78 Å². The molecule has 0 saturated carbocycles. The third-order valence-corrected chi connectivity index (χ3v) is 5.74. The van der Waals surface area contributed by atoms with Gasteiger partial charge in [-0.2, -0.15) is 0 Å². The zero-order valence-corrected chi connectivity index (χ0v) is 17.3. The Morgan fingerprint density at radius 2 is 1.80 bits per heavy atom. The molecule has 0 aliphatic heterocycles. The molecule has 2 N–H and O–H groups in total. The van der Waals surface area contributed by atoms with Gasteiger partial charge in [0.15, 0.2) is 17.4 Å². The van der Waals surface area contributed by atoms with E-state index < -0.39 is 41.1 Å². The summed E-state index contributed by atoms with van der Waals surface area (Å²) in [7, 11) is 0. The van der Waals surface area contributed by atoms with Crippen LogP contribution in [-0.4, -0.2) is 26.7 Å². The summed E-state index contributed by atoms with van der Waals surface area (Å²) in [5.74, 6) is -7.11. The van der Waals surface area contributed by atoms with E-state index in [2.05, 4.69) is 0 Å². The molecule has 1 unspecified atom stereocenters. The Balaban J connectivity index is 2.42. The van der Waals surface area contributed by atoms with E-state index in [0.29, 0.717) is 11.4 Å². The van der Waals surface area contributed by atoms with Crippen LogP contribution in [0.2, 0.25) is 5.02 Å². The molecule has 158 valence electrons. The number of hydrogen-bond donors (Lipinski definition) is 2. The molecule has 0 spiro atoms. The highest BCUT2D eigenvalue weighted by Crippen LogP contribution is 2.41. The number of carbonyl (C=O) groups excluding carboxylic acids is 1. The van der Waals surface area contributed by atoms with E-state index in [0.717, 1.165) is 10.6 Å². The van der Waals surface area contributed by atoms with Gasteiger partial charge in [0.2, 0.25) is 0 Å². The maximum atomic E-state index is 15.0. The molecule has 0 aliphatic rings. The normalized spacial score (nSPS) is 13.4. The minimum absolute atomic E-state index is 0.0435. The van der Waals surface area contributed by atoms with Crippen LogP contribution in [-0.2, 0) is 4.79 Å². The van der Waals surface area contributed by atoms with E-state index in [1.807, 2.05) is 0 Å². The highest BCUT2D eigenvalue weighted by molar-refractivity contribution is 6.30. The van der Waals surface area contributed by atoms with Gasteiger partial charge in [0.05, 0.1) is 11.4 Å². The fraction of sp³-hybridized carbons (Fsp3) is 0.273. The van der Waals surface area contributed by atoms with Gasteiger partial charge in [0, 0.05) is 27.7 Å². The third kappa shape index (κ3) is 3.43. The second-order valence-corrected chi connectivity index (χ2v) is 7.70. The predicted molar refractivity (Wildman–Crippen MR) is 109 cm³/mol. The van der Waals surface area contributed by atoms with E-state index >= 15 is 0 Å². The SMILES string of the molecule is CC[C@@H](C)C(C(=O)O)c1c(C)n(C(=O)c2ccc(Cl)cc2)c2cc(F)c(O)c(F)c12. The minimum Gasteiger partial charge on any atom is -0.503 e. The zero-order valence-electron chi connectivity index (χ0n) is 16.5. The van der Waals surface area contributed by atoms with E-state index in [4.69, 9.17) is 11.6 Å². The molecule has 0 radical (unpaired) electrons. The third-order valence-electron chi connectivity index (χ3n) is 5.49. The van der Waals surface area contributed by atoms with Gasteiger partial charge in [-0.15, -0.1) is 0 Å². The van der Waals surface area contributed by atoms with E-state index in [-0.39, 0.29) is 27.7 Å². The van der Waals surface area contributed by atoms with Gasteiger partial charge in [0.1, 0.15) is 0 Å². The Kier molecular flexibility index (Phi) is 5.85. The van der Waals surface area contributed by atoms with Crippen LogP contribution in [0.15, 0.2) is 30.3 Å². The minimum atomic E-state index is -1.29. The molecule has 3 rings (SSSR count). The van der Waals surface area contributed by atoms with Crippen LogP contribution >= 0.6 is 11.6 Å². The van der Waals surface area contributed by atoms with Crippen molar-refractivity contribution in [3.63, 3.8) is 0 Å². The number of nitrogens with zero attached hydrogens (tertiary/aromatic N) is 1. The van der Waals surface area contributed by atoms with Gasteiger partial charge in [-0.05, 0) is 42.7 Å². The van der Waals surface area contributed by atoms with Crippen LogP contribution in [0.3, 0.4) is 0 Å². The van der Waals surface area contributed by atoms with Crippen LogP contribution in [0.1, 0.15) is 47.8 Å². The number of carbonyl (C=O) groups is 2. The summed E-state index contributed by atoms with van der Waals surface area (Å²) in [6, 6.07) is 6.78. The van der Waals surface area contributed by atoms with Gasteiger partial charge in [-0.25, -0.2) is 8.78 Å². The summed E-state index contributed by atoms with van der Waals surface area (Å²) >= 11 is 5.87. The van der Waals surface area contributed by atoms with E-state index in [1.54, 1.807) is 13.8 Å². The lowest BCUT2D eigenvalue weighted by Gasteiger charge is -2.20. The van der Waals surface area contributed by atoms with Crippen LogP contribution in [0.25, 0.3) is 10.9 Å². The first kappa shape index (κ1) is 21.8. The van der Waals surface area contributed by atoms with Gasteiger partial charge < -0.3 is 10.2 Å². The maximum Gasteiger partial charge on any atom is 0.311 e. The molecule has 0 aliphatic carbocycles. The van der Waals surface area contributed by atoms with Crippen molar-refractivity contribution in [2.24, 2.45) is 5.92 Å². The molecule has 0 fully saturated rings. The molecule has 5 nitrogen and oxygen atoms in total. The number of aromatic hydroxyl groups is 1. The standard InChI is InChI=1S/C22H20ClF2NO4/c1-4-10(2)16(22(29)30)17-11(3)26(21(28)12-5-7-13(23)8-6-12)15-9-14(24)20(27)19(25)18(15)17/h5-10,16,27H,4H2,1-3H3,(H,29,30)/t10-,16?/m1/s1. The lowest BCUT2D eigenvalue weighted by atomic mass is 9.84. The average Bonchev–Trinajstić information content (AvgIpc) is 2.98. The smallest absolute Gasteiger partial charge is 0.311 e. The molecular formula is C22H20ClF2NO4. The van der Waals surface area contributed by atoms with Crippen molar-refractivity contribution in [3.8, 4) is 5.75 Å². The lowest BCUT2D eigenvalue weighted by Crippen LogP contribution is -2.21. The number of benzene rings is 2. The first-order valence-electron chi connectivity index (χ1n) is 9.35. The van der Waals surface area contributed by atoms with Crippen LogP contribution in [0, 0.1) is 24.5 Å². The van der Waals surface area contributed by atoms with Crippen molar-refractivity contribution in [3.05, 3.63) is 63.8 Å². The van der Waals surface area contributed by atoms with Crippen molar-refractivity contribution in [1.82, 2.24) is 4.57 Å². The van der Waals surface area contributed by atoms with Crippen LogP contribution < -0.4 is 0 Å². The topological polar surface area (TPSA) is 79.5 Å². The number of aromatic nitrogens is 1. The Morgan fingerprint density at radius 3 is 2.33 bits per heavy atom. The summed E-state index contributed by atoms with van der Waals surface area (Å²) in [4.78, 5) is 25.3. The summed E-state index contributed by atoms with van der Waals surface area (Å²) < 4.78 is 30.3. The summed E-state index contributed by atoms with van der Waals surface area (Å²) in [5.41, 5.74) is 0.267. The fourth-order valence-corrected chi connectivity index (χ4v) is 3.89. The number of aliphatic carboxylic acids is 1. The van der Waals surface area contributed by atoms with Crippen molar-refractivity contribution < 1.29 is 28.6 Å². The number of carboxylic acids is 1. The molecule has 1 aromatic heterocycles. The number of rotatable bonds is 5. The number of halogens is 3. The molecule has 0 amide bonds. The first-order valence-corrected chi connectivity index (χ1v) is 9.72. The Morgan fingerprint density at radius 1 is 1.20 bits per heavy atom. The number of carboxylic acid groups (broad SMARTS) is 1. The number of fused-ring (bicyclic) bond motifs is 1. The first-order chi connectivity index (χ1) is 14.1. The highest BCUT2D eigenvalue weighted by atomic mass is 35.5.